The van der Waals surface area contributed by atoms with E-state index in [9.17, 15) is 19.8 Å². The molecule has 3 rings (SSSR count). The minimum absolute atomic E-state index is 0.0252. The van der Waals surface area contributed by atoms with Crippen molar-refractivity contribution >= 4 is 35.1 Å². The Morgan fingerprint density at radius 1 is 1.06 bits per heavy atom. The molecule has 0 fully saturated rings. The maximum absolute atomic E-state index is 13.2. The summed E-state index contributed by atoms with van der Waals surface area (Å²) in [7, 11) is 0. The largest absolute Gasteiger partial charge is 0.481 e. The number of nitrogens with one attached hydrogen (secondary N) is 1. The first-order valence-corrected chi connectivity index (χ1v) is 12.0. The maximum atomic E-state index is 13.2. The summed E-state index contributed by atoms with van der Waals surface area (Å²) in [5.41, 5.74) is -0.763. The van der Waals surface area contributed by atoms with Gasteiger partial charge in [-0.15, -0.1) is 0 Å². The first kappa shape index (κ1) is 27.5. The lowest BCUT2D eigenvalue weighted by molar-refractivity contribution is -0.137. The summed E-state index contributed by atoms with van der Waals surface area (Å²) < 4.78 is 7.31. The summed E-state index contributed by atoms with van der Waals surface area (Å²) in [5, 5.41) is 28.1. The Labute approximate surface area is 219 Å². The van der Waals surface area contributed by atoms with E-state index in [-0.39, 0.29) is 24.6 Å². The molecule has 0 aliphatic carbocycles. The predicted octanol–water partition coefficient (Wildman–Crippen LogP) is 5.30. The Balaban J connectivity index is 1.97. The van der Waals surface area contributed by atoms with E-state index in [2.05, 4.69) is 10.4 Å². The molecule has 2 aromatic carbocycles. The van der Waals surface area contributed by atoms with Gasteiger partial charge in [0.15, 0.2) is 5.69 Å². The molecule has 0 aliphatic heterocycles. The van der Waals surface area contributed by atoms with Crippen LogP contribution in [0.1, 0.15) is 56.2 Å². The second kappa shape index (κ2) is 10.9. The van der Waals surface area contributed by atoms with Crippen molar-refractivity contribution in [3.05, 3.63) is 75.9 Å². The van der Waals surface area contributed by atoms with Crippen LogP contribution in [-0.4, -0.2) is 44.1 Å². The molecule has 10 heteroatoms. The molecule has 1 amide bonds. The highest BCUT2D eigenvalue weighted by Gasteiger charge is 2.36. The molecule has 36 heavy (non-hydrogen) atoms. The van der Waals surface area contributed by atoms with Gasteiger partial charge in [-0.25, -0.2) is 0 Å². The molecule has 192 valence electrons. The first-order valence-electron chi connectivity index (χ1n) is 11.3. The van der Waals surface area contributed by atoms with Gasteiger partial charge in [0.05, 0.1) is 23.2 Å². The van der Waals surface area contributed by atoms with Crippen molar-refractivity contribution in [2.45, 2.75) is 45.8 Å². The number of nitrogens with zero attached hydrogens (tertiary/aromatic N) is 2. The zero-order valence-electron chi connectivity index (χ0n) is 20.5. The number of carbonyl (C=O) groups is 2. The Bertz CT molecular complexity index is 1250. The molecule has 0 spiro atoms. The lowest BCUT2D eigenvalue weighted by Gasteiger charge is -2.36. The number of hydrogen-bond donors (Lipinski definition) is 3. The Morgan fingerprint density at radius 3 is 2.25 bits per heavy atom. The van der Waals surface area contributed by atoms with Gasteiger partial charge >= 0.3 is 5.97 Å². The zero-order chi connectivity index (χ0) is 26.7. The van der Waals surface area contributed by atoms with Gasteiger partial charge < -0.3 is 20.3 Å². The summed E-state index contributed by atoms with van der Waals surface area (Å²) >= 11 is 12.6. The molecule has 8 nitrogen and oxygen atoms in total. The molecular formula is C26H29Cl2N3O5. The minimum atomic E-state index is -1.19. The van der Waals surface area contributed by atoms with Crippen LogP contribution in [0.2, 0.25) is 10.0 Å². The summed E-state index contributed by atoms with van der Waals surface area (Å²) in [6.45, 7) is 7.25. The molecule has 3 aromatic rings. The normalized spacial score (nSPS) is 14.1. The van der Waals surface area contributed by atoms with Gasteiger partial charge in [-0.1, -0.05) is 74.3 Å². The van der Waals surface area contributed by atoms with Crippen molar-refractivity contribution < 1.29 is 24.5 Å². The number of aliphatic carboxylic acids is 1. The average Bonchev–Trinajstić information content (AvgIpc) is 3.21. The monoisotopic (exact) mass is 533 g/mol. The minimum Gasteiger partial charge on any atom is -0.481 e. The second-order valence-electron chi connectivity index (χ2n) is 9.69. The number of halogens is 2. The molecule has 0 saturated carbocycles. The van der Waals surface area contributed by atoms with Crippen LogP contribution >= 0.6 is 23.2 Å². The van der Waals surface area contributed by atoms with Crippen molar-refractivity contribution in [1.82, 2.24) is 15.1 Å². The van der Waals surface area contributed by atoms with Crippen molar-refractivity contribution in [2.75, 3.05) is 6.61 Å². The van der Waals surface area contributed by atoms with E-state index in [0.29, 0.717) is 21.3 Å². The van der Waals surface area contributed by atoms with Gasteiger partial charge in [-0.3, -0.25) is 9.59 Å². The van der Waals surface area contributed by atoms with Crippen molar-refractivity contribution in [3.63, 3.8) is 0 Å². The van der Waals surface area contributed by atoms with E-state index in [1.807, 2.05) is 20.8 Å². The quantitative estimate of drug-likeness (QED) is 0.343. The number of amides is 1. The summed E-state index contributed by atoms with van der Waals surface area (Å²) in [5.74, 6) is -1.54. The number of benzene rings is 2. The van der Waals surface area contributed by atoms with E-state index in [0.717, 1.165) is 0 Å². The van der Waals surface area contributed by atoms with Gasteiger partial charge in [0, 0.05) is 11.1 Å². The Morgan fingerprint density at radius 2 is 1.67 bits per heavy atom. The lowest BCUT2D eigenvalue weighted by Crippen LogP contribution is -2.45. The summed E-state index contributed by atoms with van der Waals surface area (Å²) in [6, 6.07) is 14.1. The first-order chi connectivity index (χ1) is 16.8. The lowest BCUT2D eigenvalue weighted by atomic mass is 9.78. The number of carbonyl (C=O) groups excluding carboxylic acids is 1. The van der Waals surface area contributed by atoms with Crippen molar-refractivity contribution in [2.24, 2.45) is 5.41 Å². The fourth-order valence-corrected chi connectivity index (χ4v) is 3.69. The SMILES string of the molecule is CC(C)(C)C(C)(O)COc1cc(C(=O)NC(CC(=O)O)c2ccccc2Cl)nn1-c1ccccc1Cl. The van der Waals surface area contributed by atoms with Crippen LogP contribution in [0.25, 0.3) is 5.69 Å². The fourth-order valence-electron chi connectivity index (χ4n) is 3.21. The number of aliphatic hydroxyl groups is 1. The standard InChI is InChI=1S/C26H29Cl2N3O5/c1-25(2,3)26(4,35)15-36-22-13-20(30-31(22)21-12-8-7-11-18(21)28)24(34)29-19(14-23(32)33)16-9-5-6-10-17(16)27/h5-13,19,35H,14-15H2,1-4H3,(H,29,34)(H,32,33). The molecule has 1 heterocycles. The Kier molecular flexibility index (Phi) is 8.33. The van der Waals surface area contributed by atoms with Crippen LogP contribution in [-0.2, 0) is 4.79 Å². The van der Waals surface area contributed by atoms with Crippen LogP contribution in [0.4, 0.5) is 0 Å². The third kappa shape index (κ3) is 6.37. The van der Waals surface area contributed by atoms with E-state index >= 15 is 0 Å². The van der Waals surface area contributed by atoms with Gasteiger partial charge in [0.25, 0.3) is 5.91 Å². The van der Waals surface area contributed by atoms with Crippen molar-refractivity contribution in [1.29, 1.82) is 0 Å². The number of ether oxygens (including phenoxy) is 1. The molecular weight excluding hydrogens is 505 g/mol. The van der Waals surface area contributed by atoms with Crippen LogP contribution in [0, 0.1) is 5.41 Å². The second-order valence-corrected chi connectivity index (χ2v) is 10.5. The van der Waals surface area contributed by atoms with Crippen LogP contribution in [0.5, 0.6) is 5.88 Å². The van der Waals surface area contributed by atoms with Crippen LogP contribution in [0.3, 0.4) is 0 Å². The number of rotatable bonds is 9. The fraction of sp³-hybridized carbons (Fsp3) is 0.346. The molecule has 0 radical (unpaired) electrons. The van der Waals surface area contributed by atoms with Gasteiger partial charge in [-0.05, 0) is 36.1 Å². The number of aromatic nitrogens is 2. The third-order valence-electron chi connectivity index (χ3n) is 6.07. The number of carboxylic acids is 1. The third-order valence-corrected chi connectivity index (χ3v) is 6.74. The Hall–Kier alpha value is -3.07. The molecule has 2 unspecified atom stereocenters. The molecule has 0 bridgehead atoms. The van der Waals surface area contributed by atoms with E-state index in [1.54, 1.807) is 55.5 Å². The highest BCUT2D eigenvalue weighted by atomic mass is 35.5. The maximum Gasteiger partial charge on any atom is 0.305 e. The number of hydrogen-bond acceptors (Lipinski definition) is 5. The molecule has 0 aliphatic rings. The van der Waals surface area contributed by atoms with Crippen LogP contribution < -0.4 is 10.1 Å². The summed E-state index contributed by atoms with van der Waals surface area (Å²) in [6.07, 6.45) is -0.376. The average molecular weight is 534 g/mol. The number of carboxylic acid groups (broad SMARTS) is 1. The molecule has 2 atom stereocenters. The highest BCUT2D eigenvalue weighted by Crippen LogP contribution is 2.32. The molecule has 3 N–H and O–H groups in total. The smallest absolute Gasteiger partial charge is 0.305 e. The van der Waals surface area contributed by atoms with Gasteiger partial charge in [-0.2, -0.15) is 9.78 Å². The number of para-hydroxylation sites is 1. The predicted molar refractivity (Wildman–Crippen MR) is 138 cm³/mol. The molecule has 1 aromatic heterocycles. The zero-order valence-corrected chi connectivity index (χ0v) is 22.0. The van der Waals surface area contributed by atoms with Crippen molar-refractivity contribution in [3.8, 4) is 11.6 Å². The van der Waals surface area contributed by atoms with Gasteiger partial charge in [0.2, 0.25) is 5.88 Å². The highest BCUT2D eigenvalue weighted by molar-refractivity contribution is 6.32. The topological polar surface area (TPSA) is 114 Å². The van der Waals surface area contributed by atoms with E-state index < -0.39 is 28.9 Å². The summed E-state index contributed by atoms with van der Waals surface area (Å²) in [4.78, 5) is 24.7. The van der Waals surface area contributed by atoms with Crippen LogP contribution in [0.15, 0.2) is 54.6 Å². The van der Waals surface area contributed by atoms with E-state index in [4.69, 9.17) is 27.9 Å². The van der Waals surface area contributed by atoms with E-state index in [1.165, 1.54) is 10.7 Å². The molecule has 0 saturated heterocycles. The van der Waals surface area contributed by atoms with Gasteiger partial charge in [0.1, 0.15) is 12.2 Å².